The van der Waals surface area contributed by atoms with Crippen LogP contribution in [0.25, 0.3) is 0 Å². The molecule has 0 saturated heterocycles. The van der Waals surface area contributed by atoms with Crippen molar-refractivity contribution in [2.45, 2.75) is 0 Å². The van der Waals surface area contributed by atoms with Gasteiger partial charge in [0.25, 0.3) is 0 Å². The van der Waals surface area contributed by atoms with Gasteiger partial charge in [0.2, 0.25) is 0 Å². The average molecular weight is 411 g/mol. The van der Waals surface area contributed by atoms with E-state index in [4.69, 9.17) is 23.3 Å². The fourth-order valence-electron chi connectivity index (χ4n) is 0. The zero-order valence-electron chi connectivity index (χ0n) is 5.68. The van der Waals surface area contributed by atoms with Gasteiger partial charge in [0.15, 0.2) is 0 Å². The second-order valence-corrected chi connectivity index (χ2v) is 0. The van der Waals surface area contributed by atoms with Gasteiger partial charge in [-0.1, -0.05) is 0 Å². The SMILES string of the molecule is C#[O+].C#[O+].C#[O+].C#[O+].C#[O+].[Br-].[Re]. The Balaban J connectivity index is -0.00000000500. The molecule has 0 atom stereocenters. The number of rotatable bonds is 0. The molecule has 65 valence electrons. The first-order valence-electron chi connectivity index (χ1n) is 1.18. The van der Waals surface area contributed by atoms with Gasteiger partial charge in [-0.15, -0.1) is 0 Å². The Morgan fingerprint density at radius 2 is 0.417 bits per heavy atom. The van der Waals surface area contributed by atoms with Crippen LogP contribution in [-0.2, 0) is 43.7 Å². The van der Waals surface area contributed by atoms with Crippen molar-refractivity contribution in [1.82, 2.24) is 0 Å². The molecule has 0 aliphatic rings. The molecule has 0 saturated carbocycles. The van der Waals surface area contributed by atoms with Crippen LogP contribution in [0.3, 0.4) is 0 Å². The van der Waals surface area contributed by atoms with Crippen LogP contribution in [0.5, 0.6) is 0 Å². The van der Waals surface area contributed by atoms with Crippen LogP contribution in [0.2, 0.25) is 0 Å². The van der Waals surface area contributed by atoms with E-state index in [1.165, 1.54) is 0 Å². The van der Waals surface area contributed by atoms with E-state index in [0.29, 0.717) is 0 Å². The Kier molecular flexibility index (Phi) is 209000. The standard InChI is InChI=1S/5CHO.BrH.Re/c5*1-2;;/h5*1H;1H;/q5*+1;;/p-1. The van der Waals surface area contributed by atoms with Gasteiger partial charge in [-0.3, -0.25) is 0 Å². The third-order valence-corrected chi connectivity index (χ3v) is 0. The second-order valence-electron chi connectivity index (χ2n) is 0. The summed E-state index contributed by atoms with van der Waals surface area (Å²) in [4.78, 5) is 0. The Bertz CT molecular complexity index is 78.4. The second kappa shape index (κ2) is 42300. The van der Waals surface area contributed by atoms with E-state index in [-0.39, 0.29) is 37.4 Å². The molecule has 0 N–H and O–H groups in total. The Morgan fingerprint density at radius 3 is 0.417 bits per heavy atom. The third kappa shape index (κ3) is 31000. The Hall–Kier alpha value is -0.158. The van der Waals surface area contributed by atoms with Crippen LogP contribution < -0.4 is 17.0 Å². The average Bonchev–Trinajstić information content (AvgIpc) is 2.20. The molecule has 1 radical (unpaired) electrons. The number of halogens is 1. The van der Waals surface area contributed by atoms with Crippen LogP contribution in [-0.4, -0.2) is 0 Å². The summed E-state index contributed by atoms with van der Waals surface area (Å²) in [5.74, 6) is 0. The fraction of sp³-hybridized carbons (Fsp3) is 0. The first-order valence-corrected chi connectivity index (χ1v) is 1.18. The number of hydrogen-bond acceptors (Lipinski definition) is 0. The molecule has 0 heterocycles. The summed E-state index contributed by atoms with van der Waals surface area (Å²) >= 11 is 0. The summed E-state index contributed by atoms with van der Waals surface area (Å²) in [6, 6.07) is 0. The molecular weight excluding hydrogens is 406 g/mol. The molecule has 0 aliphatic heterocycles. The summed E-state index contributed by atoms with van der Waals surface area (Å²) in [7, 11) is 0. The monoisotopic (exact) mass is 411 g/mol. The van der Waals surface area contributed by atoms with Crippen LogP contribution >= 0.6 is 0 Å². The van der Waals surface area contributed by atoms with E-state index in [0.717, 1.165) is 0 Å². The van der Waals surface area contributed by atoms with E-state index >= 15 is 0 Å². The maximum absolute atomic E-state index is 7.75. The van der Waals surface area contributed by atoms with Gasteiger partial charge >= 0.3 is 56.5 Å². The van der Waals surface area contributed by atoms with Crippen molar-refractivity contribution in [1.29, 1.82) is 0 Å². The summed E-state index contributed by atoms with van der Waals surface area (Å²) in [5.41, 5.74) is 0. The summed E-state index contributed by atoms with van der Waals surface area (Å²) < 4.78 is 38.8. The molecular formula is C5H5BrO5Re+4. The molecule has 0 aromatic rings. The topological polar surface area (TPSA) is 99.5 Å². The minimum Gasteiger partial charge on any atom is -1.00 e. The fourth-order valence-corrected chi connectivity index (χ4v) is 0. The number of hydrogen-bond donors (Lipinski definition) is 0. The van der Waals surface area contributed by atoms with Crippen molar-refractivity contribution < 1.29 is 60.7 Å². The molecule has 0 aromatic heterocycles. The van der Waals surface area contributed by atoms with Gasteiger partial charge < -0.3 is 17.0 Å². The quantitative estimate of drug-likeness (QED) is 0.381. The van der Waals surface area contributed by atoms with Gasteiger partial charge in [-0.2, -0.15) is 0 Å². The molecule has 7 heteroatoms. The molecule has 0 spiro atoms. The van der Waals surface area contributed by atoms with E-state index in [9.17, 15) is 0 Å². The molecule has 0 aliphatic carbocycles. The molecule has 0 aromatic carbocycles. The maximum atomic E-state index is 7.75. The van der Waals surface area contributed by atoms with Crippen molar-refractivity contribution in [2.24, 2.45) is 0 Å². The van der Waals surface area contributed by atoms with Crippen molar-refractivity contribution in [3.63, 3.8) is 0 Å². The van der Waals surface area contributed by atoms with E-state index < -0.39 is 0 Å². The van der Waals surface area contributed by atoms with Crippen molar-refractivity contribution in [2.75, 3.05) is 0 Å². The van der Waals surface area contributed by atoms with Crippen LogP contribution in [0.4, 0.5) is 0 Å². The Morgan fingerprint density at radius 1 is 0.417 bits per heavy atom. The van der Waals surface area contributed by atoms with E-state index in [2.05, 4.69) is 33.3 Å². The van der Waals surface area contributed by atoms with E-state index in [1.54, 1.807) is 0 Å². The zero-order chi connectivity index (χ0) is 10.0. The van der Waals surface area contributed by atoms with E-state index in [1.807, 2.05) is 0 Å². The van der Waals surface area contributed by atoms with Crippen LogP contribution in [0.15, 0.2) is 0 Å². The first-order chi connectivity index (χ1) is 5.00. The van der Waals surface area contributed by atoms with Gasteiger partial charge in [0.05, 0.1) is 0 Å². The zero-order valence-corrected chi connectivity index (χ0v) is 9.99. The van der Waals surface area contributed by atoms with Gasteiger partial charge in [0.1, 0.15) is 0 Å². The smallest absolute Gasteiger partial charge is 0 e. The van der Waals surface area contributed by atoms with Gasteiger partial charge in [-0.25, -0.2) is 0 Å². The molecule has 0 bridgehead atoms. The Labute approximate surface area is 93.9 Å². The molecule has 0 amide bonds. The minimum absolute atomic E-state index is 0. The van der Waals surface area contributed by atoms with Crippen molar-refractivity contribution in [3.8, 4) is 33.3 Å². The largest absolute Gasteiger partial charge is 1.00 e. The van der Waals surface area contributed by atoms with Crippen LogP contribution in [0.1, 0.15) is 0 Å². The third-order valence-electron chi connectivity index (χ3n) is 0. The summed E-state index contributed by atoms with van der Waals surface area (Å²) in [5, 5.41) is 0. The molecule has 0 unspecified atom stereocenters. The first kappa shape index (κ1) is 59.4. The van der Waals surface area contributed by atoms with Crippen molar-refractivity contribution >= 4 is 0 Å². The van der Waals surface area contributed by atoms with Crippen molar-refractivity contribution in [3.05, 3.63) is 0 Å². The molecule has 0 fully saturated rings. The normalized spacial score (nSPS) is 0.833. The molecule has 12 heavy (non-hydrogen) atoms. The van der Waals surface area contributed by atoms with Gasteiger partial charge in [0, 0.05) is 20.4 Å². The van der Waals surface area contributed by atoms with Gasteiger partial charge in [-0.05, 0) is 0 Å². The van der Waals surface area contributed by atoms with Crippen LogP contribution in [0, 0.1) is 33.3 Å². The maximum Gasteiger partial charge on any atom is 0 e. The minimum atomic E-state index is 0. The predicted octanol–water partition coefficient (Wildman–Crippen LogP) is -2.97. The molecule has 5 nitrogen and oxygen atoms in total. The summed E-state index contributed by atoms with van der Waals surface area (Å²) in [6.07, 6.45) is 0. The summed E-state index contributed by atoms with van der Waals surface area (Å²) in [6.45, 7) is 16.2. The predicted molar refractivity (Wildman–Crippen MR) is 28.2 cm³/mol. The molecule has 0 rings (SSSR count).